The SMILES string of the molecule is CCO/C=C1/C(=O)N(c2ccc(S(=O)(=O)N3CCOCC3)cc2)C(=O)c2ccccc21. The predicted molar refractivity (Wildman–Crippen MR) is 114 cm³/mol. The predicted octanol–water partition coefficient (Wildman–Crippen LogP) is 2.27. The molecular weight excluding hydrogens is 420 g/mol. The molecule has 0 bridgehead atoms. The van der Waals surface area contributed by atoms with Crippen LogP contribution in [0.3, 0.4) is 0 Å². The molecule has 0 spiro atoms. The summed E-state index contributed by atoms with van der Waals surface area (Å²) < 4.78 is 37.6. The normalized spacial score (nSPS) is 18.9. The number of rotatable bonds is 5. The molecule has 2 amide bonds. The van der Waals surface area contributed by atoms with Crippen molar-refractivity contribution in [3.63, 3.8) is 0 Å². The zero-order chi connectivity index (χ0) is 22.0. The number of carbonyl (C=O) groups is 2. The molecule has 2 heterocycles. The monoisotopic (exact) mass is 442 g/mol. The van der Waals surface area contributed by atoms with Crippen molar-refractivity contribution in [2.75, 3.05) is 37.8 Å². The minimum Gasteiger partial charge on any atom is -0.501 e. The van der Waals surface area contributed by atoms with Gasteiger partial charge in [0.2, 0.25) is 10.0 Å². The fourth-order valence-corrected chi connectivity index (χ4v) is 4.98. The highest BCUT2D eigenvalue weighted by atomic mass is 32.2. The van der Waals surface area contributed by atoms with E-state index in [9.17, 15) is 18.0 Å². The van der Waals surface area contributed by atoms with E-state index < -0.39 is 21.8 Å². The number of amides is 2. The van der Waals surface area contributed by atoms with Gasteiger partial charge in [-0.3, -0.25) is 9.59 Å². The second-order valence-electron chi connectivity index (χ2n) is 6.99. The molecular formula is C22H22N2O6S. The van der Waals surface area contributed by atoms with Gasteiger partial charge in [0.15, 0.2) is 0 Å². The quantitative estimate of drug-likeness (QED) is 0.401. The molecule has 0 radical (unpaired) electrons. The molecule has 2 aromatic carbocycles. The Kier molecular flexibility index (Phi) is 5.90. The highest BCUT2D eigenvalue weighted by molar-refractivity contribution is 7.89. The molecule has 8 nitrogen and oxygen atoms in total. The number of ether oxygens (including phenoxy) is 2. The number of nitrogens with zero attached hydrogens (tertiary/aromatic N) is 2. The van der Waals surface area contributed by atoms with Crippen molar-refractivity contribution in [1.82, 2.24) is 4.31 Å². The molecule has 2 aromatic rings. The van der Waals surface area contributed by atoms with Crippen molar-refractivity contribution < 1.29 is 27.5 Å². The Bertz CT molecular complexity index is 1130. The first kappa shape index (κ1) is 21.2. The molecule has 1 fully saturated rings. The van der Waals surface area contributed by atoms with Crippen molar-refractivity contribution in [2.45, 2.75) is 11.8 Å². The number of fused-ring (bicyclic) bond motifs is 1. The molecule has 1 saturated heterocycles. The van der Waals surface area contributed by atoms with Crippen LogP contribution in [0, 0.1) is 0 Å². The Morgan fingerprint density at radius 3 is 2.26 bits per heavy atom. The minimum absolute atomic E-state index is 0.0977. The third-order valence-electron chi connectivity index (χ3n) is 5.15. The van der Waals surface area contributed by atoms with Crippen molar-refractivity contribution in [3.8, 4) is 0 Å². The number of hydrogen-bond acceptors (Lipinski definition) is 6. The third-order valence-corrected chi connectivity index (χ3v) is 7.07. The zero-order valence-corrected chi connectivity index (χ0v) is 17.8. The van der Waals surface area contributed by atoms with Gasteiger partial charge in [0.05, 0.1) is 42.2 Å². The number of anilines is 1. The summed E-state index contributed by atoms with van der Waals surface area (Å²) in [6, 6.07) is 12.6. The van der Waals surface area contributed by atoms with E-state index in [1.165, 1.54) is 34.8 Å². The number of benzene rings is 2. The average Bonchev–Trinajstić information content (AvgIpc) is 2.80. The average molecular weight is 442 g/mol. The van der Waals surface area contributed by atoms with Crippen LogP contribution in [0.5, 0.6) is 0 Å². The van der Waals surface area contributed by atoms with Gasteiger partial charge in [-0.05, 0) is 37.3 Å². The van der Waals surface area contributed by atoms with Gasteiger partial charge in [-0.15, -0.1) is 0 Å². The van der Waals surface area contributed by atoms with E-state index in [1.54, 1.807) is 31.2 Å². The molecule has 0 aromatic heterocycles. The Morgan fingerprint density at radius 2 is 1.61 bits per heavy atom. The van der Waals surface area contributed by atoms with Crippen LogP contribution in [0.1, 0.15) is 22.8 Å². The highest BCUT2D eigenvalue weighted by Crippen LogP contribution is 2.32. The molecule has 0 saturated carbocycles. The molecule has 0 unspecified atom stereocenters. The lowest BCUT2D eigenvalue weighted by molar-refractivity contribution is -0.113. The fraction of sp³-hybridized carbons (Fsp3) is 0.273. The van der Waals surface area contributed by atoms with E-state index in [4.69, 9.17) is 9.47 Å². The van der Waals surface area contributed by atoms with Gasteiger partial charge in [0, 0.05) is 24.2 Å². The van der Waals surface area contributed by atoms with Crippen LogP contribution >= 0.6 is 0 Å². The molecule has 0 atom stereocenters. The van der Waals surface area contributed by atoms with Gasteiger partial charge in [0.1, 0.15) is 0 Å². The Balaban J connectivity index is 1.69. The van der Waals surface area contributed by atoms with Crippen LogP contribution < -0.4 is 4.90 Å². The van der Waals surface area contributed by atoms with Crippen molar-refractivity contribution in [3.05, 3.63) is 65.9 Å². The third kappa shape index (κ3) is 3.87. The van der Waals surface area contributed by atoms with Gasteiger partial charge in [-0.2, -0.15) is 4.31 Å². The number of hydrogen-bond donors (Lipinski definition) is 0. The van der Waals surface area contributed by atoms with Crippen LogP contribution in [0.25, 0.3) is 5.57 Å². The van der Waals surface area contributed by atoms with Crippen LogP contribution in [-0.2, 0) is 24.3 Å². The number of imide groups is 1. The van der Waals surface area contributed by atoms with Crippen LogP contribution in [0.2, 0.25) is 0 Å². The van der Waals surface area contributed by atoms with Gasteiger partial charge in [-0.25, -0.2) is 13.3 Å². The molecule has 0 aliphatic carbocycles. The molecule has 162 valence electrons. The summed E-state index contributed by atoms with van der Waals surface area (Å²) >= 11 is 0. The standard InChI is InChI=1S/C22H22N2O6S/c1-2-29-15-20-18-5-3-4-6-19(18)21(25)24(22(20)26)16-7-9-17(10-8-16)31(27,28)23-11-13-30-14-12-23/h3-10,15H,2,11-14H2,1H3/b20-15+. The maximum Gasteiger partial charge on any atom is 0.269 e. The lowest BCUT2D eigenvalue weighted by Gasteiger charge is -2.29. The van der Waals surface area contributed by atoms with Gasteiger partial charge < -0.3 is 9.47 Å². The van der Waals surface area contributed by atoms with Crippen molar-refractivity contribution >= 4 is 33.1 Å². The van der Waals surface area contributed by atoms with Crippen LogP contribution in [0.15, 0.2) is 59.7 Å². The maximum atomic E-state index is 13.2. The summed E-state index contributed by atoms with van der Waals surface area (Å²) in [5, 5.41) is 0. The maximum absolute atomic E-state index is 13.2. The molecule has 2 aliphatic rings. The fourth-order valence-electron chi connectivity index (χ4n) is 3.57. The summed E-state index contributed by atoms with van der Waals surface area (Å²) in [7, 11) is -3.67. The Hall–Kier alpha value is -3.01. The number of sulfonamides is 1. The van der Waals surface area contributed by atoms with Crippen molar-refractivity contribution in [2.24, 2.45) is 0 Å². The van der Waals surface area contributed by atoms with Crippen molar-refractivity contribution in [1.29, 1.82) is 0 Å². The summed E-state index contributed by atoms with van der Waals surface area (Å²) in [4.78, 5) is 27.4. The largest absolute Gasteiger partial charge is 0.501 e. The van der Waals surface area contributed by atoms with Crippen LogP contribution in [0.4, 0.5) is 5.69 Å². The lowest BCUT2D eigenvalue weighted by atomic mass is 9.94. The Labute approximate surface area is 180 Å². The van der Waals surface area contributed by atoms with E-state index in [0.29, 0.717) is 30.9 Å². The first-order valence-electron chi connectivity index (χ1n) is 9.93. The topological polar surface area (TPSA) is 93.2 Å². The summed E-state index contributed by atoms with van der Waals surface area (Å²) in [6.07, 6.45) is 1.36. The minimum atomic E-state index is -3.67. The number of carbonyl (C=O) groups excluding carboxylic acids is 2. The van der Waals surface area contributed by atoms with Gasteiger partial charge in [0.25, 0.3) is 11.8 Å². The van der Waals surface area contributed by atoms with E-state index in [1.807, 2.05) is 0 Å². The van der Waals surface area contributed by atoms with E-state index in [0.717, 1.165) is 4.90 Å². The summed E-state index contributed by atoms with van der Waals surface area (Å²) in [6.45, 7) is 3.45. The molecule has 9 heteroatoms. The molecule has 4 rings (SSSR count). The number of morpholine rings is 1. The second kappa shape index (κ2) is 8.62. The summed E-state index contributed by atoms with van der Waals surface area (Å²) in [5.74, 6) is -1.00. The van der Waals surface area contributed by atoms with Gasteiger partial charge >= 0.3 is 0 Å². The molecule has 0 N–H and O–H groups in total. The van der Waals surface area contributed by atoms with E-state index in [2.05, 4.69) is 0 Å². The first-order valence-corrected chi connectivity index (χ1v) is 11.4. The molecule has 31 heavy (non-hydrogen) atoms. The zero-order valence-electron chi connectivity index (χ0n) is 17.0. The van der Waals surface area contributed by atoms with E-state index in [-0.39, 0.29) is 29.2 Å². The van der Waals surface area contributed by atoms with E-state index >= 15 is 0 Å². The van der Waals surface area contributed by atoms with Crippen LogP contribution in [-0.4, -0.2) is 57.4 Å². The molecule has 2 aliphatic heterocycles. The smallest absolute Gasteiger partial charge is 0.269 e. The Morgan fingerprint density at radius 1 is 0.968 bits per heavy atom. The lowest BCUT2D eigenvalue weighted by Crippen LogP contribution is -2.42. The highest BCUT2D eigenvalue weighted by Gasteiger charge is 2.36. The first-order chi connectivity index (χ1) is 14.9. The van der Waals surface area contributed by atoms with Gasteiger partial charge in [-0.1, -0.05) is 18.2 Å². The second-order valence-corrected chi connectivity index (χ2v) is 8.93. The summed E-state index contributed by atoms with van der Waals surface area (Å²) in [5.41, 5.74) is 1.43.